The SMILES string of the molecule is COC(CC1CCN(c2ccc(C3=C(c4ccccc4)COc4cc(OCc5ccccc5)ccc43)cc2)CC1)OC. The van der Waals surface area contributed by atoms with Crippen LogP contribution < -0.4 is 14.4 Å². The lowest BCUT2D eigenvalue weighted by Gasteiger charge is -2.34. The summed E-state index contributed by atoms with van der Waals surface area (Å²) in [6.07, 6.45) is 3.14. The highest BCUT2D eigenvalue weighted by atomic mass is 16.7. The maximum atomic E-state index is 6.34. The zero-order valence-electron chi connectivity index (χ0n) is 24.5. The third kappa shape index (κ3) is 6.38. The van der Waals surface area contributed by atoms with Gasteiger partial charge in [0.1, 0.15) is 24.7 Å². The van der Waals surface area contributed by atoms with Crippen LogP contribution in [0.15, 0.2) is 103 Å². The minimum Gasteiger partial charge on any atom is -0.489 e. The van der Waals surface area contributed by atoms with Crippen LogP contribution >= 0.6 is 0 Å². The van der Waals surface area contributed by atoms with Gasteiger partial charge in [-0.05, 0) is 65.3 Å². The quantitative estimate of drug-likeness (QED) is 0.185. The molecule has 4 aromatic rings. The summed E-state index contributed by atoms with van der Waals surface area (Å²) in [6, 6.07) is 36.1. The molecule has 4 aromatic carbocycles. The van der Waals surface area contributed by atoms with Crippen molar-refractivity contribution in [3.63, 3.8) is 0 Å². The number of hydrogen-bond acceptors (Lipinski definition) is 5. The predicted molar refractivity (Wildman–Crippen MR) is 169 cm³/mol. The summed E-state index contributed by atoms with van der Waals surface area (Å²) in [5, 5.41) is 0. The fourth-order valence-electron chi connectivity index (χ4n) is 6.07. The first-order valence-electron chi connectivity index (χ1n) is 14.9. The molecule has 2 aliphatic rings. The summed E-state index contributed by atoms with van der Waals surface area (Å²) in [5.74, 6) is 2.29. The van der Waals surface area contributed by atoms with Crippen LogP contribution in [-0.4, -0.2) is 40.2 Å². The molecule has 0 radical (unpaired) electrons. The Hall–Kier alpha value is -4.06. The maximum absolute atomic E-state index is 6.34. The summed E-state index contributed by atoms with van der Waals surface area (Å²) in [5.41, 5.74) is 8.28. The molecule has 0 N–H and O–H groups in total. The van der Waals surface area contributed by atoms with Gasteiger partial charge in [-0.15, -0.1) is 0 Å². The highest BCUT2D eigenvalue weighted by Crippen LogP contribution is 2.43. The van der Waals surface area contributed by atoms with Gasteiger partial charge < -0.3 is 23.8 Å². The van der Waals surface area contributed by atoms with Crippen molar-refractivity contribution in [1.29, 1.82) is 0 Å². The van der Waals surface area contributed by atoms with Gasteiger partial charge in [-0.3, -0.25) is 0 Å². The van der Waals surface area contributed by atoms with Gasteiger partial charge in [0.25, 0.3) is 0 Å². The Kier molecular flexibility index (Phi) is 8.88. The number of nitrogens with zero attached hydrogens (tertiary/aromatic N) is 1. The second-order valence-corrected chi connectivity index (χ2v) is 11.1. The molecule has 6 rings (SSSR count). The Bertz CT molecular complexity index is 1470. The van der Waals surface area contributed by atoms with Gasteiger partial charge in [-0.25, -0.2) is 0 Å². The summed E-state index contributed by atoms with van der Waals surface area (Å²) < 4.78 is 23.3. The summed E-state index contributed by atoms with van der Waals surface area (Å²) in [4.78, 5) is 2.50. The molecule has 1 fully saturated rings. The van der Waals surface area contributed by atoms with Crippen molar-refractivity contribution in [2.24, 2.45) is 5.92 Å². The lowest BCUT2D eigenvalue weighted by atomic mass is 9.87. The standard InChI is InChI=1S/C37H39NO4/c1-39-36(40-2)23-27-19-21-38(22-20-27)31-15-13-30(14-16-31)37-33-18-17-32(41-25-28-9-5-3-6-10-28)24-35(33)42-26-34(37)29-11-7-4-8-12-29/h3-18,24,27,36H,19-23,25-26H2,1-2H3. The van der Waals surface area contributed by atoms with Crippen LogP contribution in [0, 0.1) is 5.92 Å². The Labute approximate surface area is 249 Å². The van der Waals surface area contributed by atoms with Crippen molar-refractivity contribution in [2.75, 3.05) is 38.8 Å². The topological polar surface area (TPSA) is 40.2 Å². The number of rotatable bonds is 10. The molecule has 1 saturated heterocycles. The zero-order chi connectivity index (χ0) is 28.7. The molecule has 2 aliphatic heterocycles. The van der Waals surface area contributed by atoms with Gasteiger partial charge in [0, 0.05) is 56.6 Å². The minimum absolute atomic E-state index is 0.109. The van der Waals surface area contributed by atoms with E-state index < -0.39 is 0 Å². The van der Waals surface area contributed by atoms with E-state index in [1.54, 1.807) is 14.2 Å². The molecule has 0 atom stereocenters. The number of hydrogen-bond donors (Lipinski definition) is 0. The number of fused-ring (bicyclic) bond motifs is 1. The van der Waals surface area contributed by atoms with Crippen molar-refractivity contribution < 1.29 is 18.9 Å². The molecule has 0 saturated carbocycles. The summed E-state index contributed by atoms with van der Waals surface area (Å²) in [7, 11) is 3.44. The highest BCUT2D eigenvalue weighted by Gasteiger charge is 2.25. The zero-order valence-corrected chi connectivity index (χ0v) is 24.5. The van der Waals surface area contributed by atoms with E-state index in [0.29, 0.717) is 19.1 Å². The highest BCUT2D eigenvalue weighted by molar-refractivity contribution is 6.01. The van der Waals surface area contributed by atoms with Crippen molar-refractivity contribution in [3.8, 4) is 11.5 Å². The number of benzene rings is 4. The fourth-order valence-corrected chi connectivity index (χ4v) is 6.07. The average molecular weight is 562 g/mol. The van der Waals surface area contributed by atoms with Gasteiger partial charge in [-0.2, -0.15) is 0 Å². The molecule has 0 bridgehead atoms. The van der Waals surface area contributed by atoms with Crippen LogP contribution in [0.5, 0.6) is 11.5 Å². The van der Waals surface area contributed by atoms with Crippen LogP contribution in [0.25, 0.3) is 11.1 Å². The van der Waals surface area contributed by atoms with E-state index in [-0.39, 0.29) is 6.29 Å². The Morgan fingerprint density at radius 1 is 0.786 bits per heavy atom. The van der Waals surface area contributed by atoms with Crippen LogP contribution in [0.2, 0.25) is 0 Å². The molecule has 0 amide bonds. The van der Waals surface area contributed by atoms with E-state index in [2.05, 4.69) is 83.8 Å². The molecule has 5 heteroatoms. The molecular formula is C37H39NO4. The molecular weight excluding hydrogens is 522 g/mol. The normalized spacial score (nSPS) is 15.5. The van der Waals surface area contributed by atoms with Gasteiger partial charge in [-0.1, -0.05) is 72.8 Å². The Balaban J connectivity index is 1.24. The second kappa shape index (κ2) is 13.3. The van der Waals surface area contributed by atoms with Crippen LogP contribution in [0.3, 0.4) is 0 Å². The van der Waals surface area contributed by atoms with Crippen molar-refractivity contribution >= 4 is 16.8 Å². The van der Waals surface area contributed by atoms with E-state index in [1.165, 1.54) is 28.0 Å². The molecule has 2 heterocycles. The fraction of sp³-hybridized carbons (Fsp3) is 0.297. The van der Waals surface area contributed by atoms with E-state index in [9.17, 15) is 0 Å². The van der Waals surface area contributed by atoms with Crippen molar-refractivity contribution in [1.82, 2.24) is 0 Å². The smallest absolute Gasteiger partial charge is 0.157 e. The van der Waals surface area contributed by atoms with Crippen LogP contribution in [0.4, 0.5) is 5.69 Å². The van der Waals surface area contributed by atoms with Crippen LogP contribution in [0.1, 0.15) is 41.5 Å². The number of ether oxygens (including phenoxy) is 4. The van der Waals surface area contributed by atoms with E-state index in [4.69, 9.17) is 18.9 Å². The molecule has 0 aromatic heterocycles. The average Bonchev–Trinajstić information content (AvgIpc) is 3.07. The van der Waals surface area contributed by atoms with Gasteiger partial charge in [0.2, 0.25) is 0 Å². The van der Waals surface area contributed by atoms with Gasteiger partial charge in [0.05, 0.1) is 0 Å². The molecule has 0 aliphatic carbocycles. The number of piperidine rings is 1. The van der Waals surface area contributed by atoms with Gasteiger partial charge in [0.15, 0.2) is 6.29 Å². The predicted octanol–water partition coefficient (Wildman–Crippen LogP) is 7.84. The maximum Gasteiger partial charge on any atom is 0.157 e. The van der Waals surface area contributed by atoms with Crippen LogP contribution in [-0.2, 0) is 16.1 Å². The molecule has 5 nitrogen and oxygen atoms in total. The minimum atomic E-state index is -0.109. The molecule has 42 heavy (non-hydrogen) atoms. The molecule has 0 spiro atoms. The lowest BCUT2D eigenvalue weighted by molar-refractivity contribution is -0.115. The lowest BCUT2D eigenvalue weighted by Crippen LogP contribution is -2.35. The van der Waals surface area contributed by atoms with E-state index in [0.717, 1.165) is 55.0 Å². The molecule has 216 valence electrons. The first-order valence-corrected chi connectivity index (χ1v) is 14.9. The van der Waals surface area contributed by atoms with Crippen molar-refractivity contribution in [2.45, 2.75) is 32.2 Å². The largest absolute Gasteiger partial charge is 0.489 e. The third-order valence-electron chi connectivity index (χ3n) is 8.45. The van der Waals surface area contributed by atoms with E-state index >= 15 is 0 Å². The van der Waals surface area contributed by atoms with Crippen molar-refractivity contribution in [3.05, 3.63) is 125 Å². The third-order valence-corrected chi connectivity index (χ3v) is 8.45. The monoisotopic (exact) mass is 561 g/mol. The first-order chi connectivity index (χ1) is 20.7. The second-order valence-electron chi connectivity index (χ2n) is 11.1. The number of anilines is 1. The Morgan fingerprint density at radius 2 is 1.48 bits per heavy atom. The first kappa shape index (κ1) is 28.1. The summed E-state index contributed by atoms with van der Waals surface area (Å²) >= 11 is 0. The van der Waals surface area contributed by atoms with Gasteiger partial charge >= 0.3 is 0 Å². The van der Waals surface area contributed by atoms with E-state index in [1.807, 2.05) is 24.3 Å². The summed E-state index contributed by atoms with van der Waals surface area (Å²) in [6.45, 7) is 3.12. The Morgan fingerprint density at radius 3 is 2.17 bits per heavy atom. The molecule has 0 unspecified atom stereocenters. The number of methoxy groups -OCH3 is 2.